The summed E-state index contributed by atoms with van der Waals surface area (Å²) in [6.07, 6.45) is 0. The first-order valence-corrected chi connectivity index (χ1v) is 4.89. The Labute approximate surface area is 76.2 Å². The largest absolute Gasteiger partial charge is 0.263 e. The molecule has 0 saturated carbocycles. The van der Waals surface area contributed by atoms with Crippen molar-refractivity contribution in [2.24, 2.45) is 0 Å². The summed E-state index contributed by atoms with van der Waals surface area (Å²) in [5.74, 6) is 0. The highest BCUT2D eigenvalue weighted by Gasteiger charge is 2.11. The van der Waals surface area contributed by atoms with Crippen LogP contribution in [0, 0.1) is 0 Å². The average Bonchev–Trinajstić information content (AvgIpc) is 2.06. The lowest BCUT2D eigenvalue weighted by atomic mass is 10.4. The van der Waals surface area contributed by atoms with Gasteiger partial charge in [0, 0.05) is 12.9 Å². The summed E-state index contributed by atoms with van der Waals surface area (Å²) in [6.45, 7) is 0. The third kappa shape index (κ3) is 2.21. The molecule has 1 N–H and O–H groups in total. The molecule has 0 radical (unpaired) electrons. The molecule has 0 aliphatic heterocycles. The molecule has 66 valence electrons. The molecule has 0 amide bonds. The van der Waals surface area contributed by atoms with E-state index < -0.39 is 10.0 Å². The van der Waals surface area contributed by atoms with Gasteiger partial charge in [-0.15, -0.1) is 0 Å². The summed E-state index contributed by atoms with van der Waals surface area (Å²) < 4.78 is 26.3. The van der Waals surface area contributed by atoms with Gasteiger partial charge in [0.25, 0.3) is 10.0 Å². The predicted molar refractivity (Wildman–Crippen MR) is 46.8 cm³/mol. The van der Waals surface area contributed by atoms with Crippen molar-refractivity contribution in [1.29, 1.82) is 0 Å². The highest BCUT2D eigenvalue weighted by atomic mass is 32.2. The number of nitrogens with one attached hydrogen (secondary N) is 1. The van der Waals surface area contributed by atoms with Crippen molar-refractivity contribution in [3.8, 4) is 0 Å². The molecule has 1 rings (SSSR count). The molecule has 0 fully saturated rings. The SMILES string of the molecule is O=S(=O)(NOS)c1ccccc1. The van der Waals surface area contributed by atoms with Crippen molar-refractivity contribution < 1.29 is 12.7 Å². The molecular formula is C6H7NO3S2. The Morgan fingerprint density at radius 1 is 1.25 bits per heavy atom. The topological polar surface area (TPSA) is 55.4 Å². The molecule has 0 heterocycles. The van der Waals surface area contributed by atoms with Crippen molar-refractivity contribution in [2.45, 2.75) is 4.90 Å². The van der Waals surface area contributed by atoms with Crippen molar-refractivity contribution in [2.75, 3.05) is 0 Å². The van der Waals surface area contributed by atoms with E-state index in [1.165, 1.54) is 12.1 Å². The summed E-state index contributed by atoms with van der Waals surface area (Å²) in [5.41, 5.74) is 0. The van der Waals surface area contributed by atoms with Crippen LogP contribution in [0.5, 0.6) is 0 Å². The first-order chi connectivity index (χ1) is 5.67. The van der Waals surface area contributed by atoms with Crippen LogP contribution in [0.2, 0.25) is 0 Å². The van der Waals surface area contributed by atoms with E-state index in [-0.39, 0.29) is 4.90 Å². The lowest BCUT2D eigenvalue weighted by Crippen LogP contribution is -2.20. The highest BCUT2D eigenvalue weighted by Crippen LogP contribution is 2.06. The fourth-order valence-electron chi connectivity index (χ4n) is 0.697. The van der Waals surface area contributed by atoms with Crippen LogP contribution in [0.15, 0.2) is 35.2 Å². The van der Waals surface area contributed by atoms with Crippen molar-refractivity contribution in [3.05, 3.63) is 30.3 Å². The van der Waals surface area contributed by atoms with E-state index in [1.54, 1.807) is 23.1 Å². The van der Waals surface area contributed by atoms with Crippen LogP contribution in [0.4, 0.5) is 0 Å². The van der Waals surface area contributed by atoms with Crippen LogP contribution in [0.3, 0.4) is 0 Å². The molecule has 12 heavy (non-hydrogen) atoms. The first-order valence-electron chi connectivity index (χ1n) is 3.04. The molecule has 0 aromatic heterocycles. The Bertz CT molecular complexity index is 335. The van der Waals surface area contributed by atoms with Crippen LogP contribution >= 0.6 is 12.9 Å². The zero-order valence-electron chi connectivity index (χ0n) is 5.97. The van der Waals surface area contributed by atoms with Gasteiger partial charge in [0.15, 0.2) is 0 Å². The van der Waals surface area contributed by atoms with Crippen molar-refractivity contribution in [3.63, 3.8) is 0 Å². The van der Waals surface area contributed by atoms with Gasteiger partial charge in [-0.05, 0) is 12.1 Å². The Balaban J connectivity index is 2.99. The number of benzene rings is 1. The van der Waals surface area contributed by atoms with Gasteiger partial charge in [-0.1, -0.05) is 23.1 Å². The minimum Gasteiger partial charge on any atom is -0.220 e. The number of hydrogen-bond acceptors (Lipinski definition) is 4. The minimum absolute atomic E-state index is 0.138. The number of sulfonamides is 1. The van der Waals surface area contributed by atoms with Gasteiger partial charge in [0.1, 0.15) is 0 Å². The Morgan fingerprint density at radius 3 is 2.33 bits per heavy atom. The first kappa shape index (κ1) is 9.53. The molecule has 6 heteroatoms. The number of hydrogen-bond donors (Lipinski definition) is 2. The Morgan fingerprint density at radius 2 is 1.83 bits per heavy atom. The van der Waals surface area contributed by atoms with Crippen LogP contribution in [-0.4, -0.2) is 8.42 Å². The second kappa shape index (κ2) is 3.90. The van der Waals surface area contributed by atoms with Gasteiger partial charge in [-0.2, -0.15) is 0 Å². The smallest absolute Gasteiger partial charge is 0.220 e. The van der Waals surface area contributed by atoms with E-state index >= 15 is 0 Å². The maximum Gasteiger partial charge on any atom is 0.263 e. The zero-order valence-corrected chi connectivity index (χ0v) is 7.68. The monoisotopic (exact) mass is 205 g/mol. The summed E-state index contributed by atoms with van der Waals surface area (Å²) in [4.78, 5) is 1.91. The van der Waals surface area contributed by atoms with Crippen LogP contribution in [0.25, 0.3) is 0 Å². The molecule has 0 spiro atoms. The van der Waals surface area contributed by atoms with Gasteiger partial charge in [0.05, 0.1) is 4.90 Å². The standard InChI is InChI=1S/C6H7NO3S2/c8-12(9,7-10-11)6-4-2-1-3-5-6/h1-5,7,11H. The van der Waals surface area contributed by atoms with E-state index in [1.807, 2.05) is 0 Å². The fraction of sp³-hybridized carbons (Fsp3) is 0. The number of thiol groups is 1. The van der Waals surface area contributed by atoms with Gasteiger partial charge in [-0.25, -0.2) is 12.7 Å². The zero-order chi connectivity index (χ0) is 9.03. The van der Waals surface area contributed by atoms with E-state index in [0.717, 1.165) is 0 Å². The molecule has 4 nitrogen and oxygen atoms in total. The second-order valence-electron chi connectivity index (χ2n) is 1.99. The lowest BCUT2D eigenvalue weighted by molar-refractivity contribution is 0.327. The van der Waals surface area contributed by atoms with Gasteiger partial charge < -0.3 is 0 Å². The molecule has 1 aromatic carbocycles. The summed E-state index contributed by atoms with van der Waals surface area (Å²) in [7, 11) is -3.56. The molecule has 0 aliphatic carbocycles. The summed E-state index contributed by atoms with van der Waals surface area (Å²) in [6, 6.07) is 7.87. The normalized spacial score (nSPS) is 11.4. The Kier molecular flexibility index (Phi) is 3.10. The van der Waals surface area contributed by atoms with Crippen molar-refractivity contribution in [1.82, 2.24) is 4.89 Å². The van der Waals surface area contributed by atoms with E-state index in [0.29, 0.717) is 0 Å². The quantitative estimate of drug-likeness (QED) is 0.435. The molecule has 0 bridgehead atoms. The predicted octanol–water partition coefficient (Wildman–Crippen LogP) is 0.741. The van der Waals surface area contributed by atoms with Gasteiger partial charge >= 0.3 is 0 Å². The van der Waals surface area contributed by atoms with Crippen LogP contribution in [0.1, 0.15) is 0 Å². The lowest BCUT2D eigenvalue weighted by Gasteiger charge is -2.01. The second-order valence-corrected chi connectivity index (χ2v) is 3.82. The minimum atomic E-state index is -3.56. The van der Waals surface area contributed by atoms with Crippen LogP contribution < -0.4 is 4.89 Å². The average molecular weight is 205 g/mol. The van der Waals surface area contributed by atoms with E-state index in [9.17, 15) is 8.42 Å². The molecule has 1 aromatic rings. The highest BCUT2D eigenvalue weighted by molar-refractivity contribution is 7.89. The maximum atomic E-state index is 11.1. The molecule has 0 aliphatic rings. The van der Waals surface area contributed by atoms with Crippen molar-refractivity contribution >= 4 is 22.9 Å². The Hall–Kier alpha value is -0.560. The van der Waals surface area contributed by atoms with E-state index in [2.05, 4.69) is 17.2 Å². The summed E-state index contributed by atoms with van der Waals surface area (Å²) in [5, 5.41) is 0. The van der Waals surface area contributed by atoms with Gasteiger partial charge in [0.2, 0.25) is 0 Å². The van der Waals surface area contributed by atoms with Gasteiger partial charge in [-0.3, -0.25) is 0 Å². The van der Waals surface area contributed by atoms with E-state index in [4.69, 9.17) is 0 Å². The third-order valence-corrected chi connectivity index (χ3v) is 2.61. The molecule has 0 atom stereocenters. The van der Waals surface area contributed by atoms with Crippen LogP contribution in [-0.2, 0) is 14.3 Å². The third-order valence-electron chi connectivity index (χ3n) is 1.20. The summed E-state index contributed by atoms with van der Waals surface area (Å²) >= 11 is 3.27. The maximum absolute atomic E-state index is 11.1. The number of rotatable bonds is 3. The molecular weight excluding hydrogens is 198 g/mol. The molecule has 0 unspecified atom stereocenters. The fourth-order valence-corrected chi connectivity index (χ4v) is 1.70. The molecule has 0 saturated heterocycles.